The molecule has 1 heterocycles. The van der Waals surface area contributed by atoms with Crippen LogP contribution >= 0.6 is 0 Å². The van der Waals surface area contributed by atoms with Crippen LogP contribution in [0.4, 0.5) is 4.39 Å². The Hall–Kier alpha value is -1.38. The second kappa shape index (κ2) is 4.71. The molecule has 1 aliphatic rings. The maximum Gasteiger partial charge on any atom is 0.253 e. The van der Waals surface area contributed by atoms with Crippen LogP contribution in [-0.4, -0.2) is 23.9 Å². The summed E-state index contributed by atoms with van der Waals surface area (Å²) in [6, 6.07) is 4.58. The molecule has 2 rings (SSSR count). The van der Waals surface area contributed by atoms with E-state index >= 15 is 0 Å². The van der Waals surface area contributed by atoms with Crippen LogP contribution in [-0.2, 0) is 0 Å². The molecule has 0 radical (unpaired) electrons. The first-order valence-electron chi connectivity index (χ1n) is 6.44. The van der Waals surface area contributed by atoms with E-state index in [0.717, 1.165) is 25.9 Å². The first kappa shape index (κ1) is 13.1. The molecule has 0 N–H and O–H groups in total. The normalized spacial score (nSPS) is 18.8. The molecule has 1 fully saturated rings. The standard InChI is InChI=1S/C15H20FNO/c1-11-10-12(4-5-13(11)16)14(18)17-8-6-15(2,3)7-9-17/h4-5,10H,6-9H2,1-3H3. The van der Waals surface area contributed by atoms with Crippen molar-refractivity contribution in [2.45, 2.75) is 33.6 Å². The fraction of sp³-hybridized carbons (Fsp3) is 0.533. The lowest BCUT2D eigenvalue weighted by molar-refractivity contribution is 0.0630. The van der Waals surface area contributed by atoms with Gasteiger partial charge in [-0.1, -0.05) is 13.8 Å². The number of amides is 1. The van der Waals surface area contributed by atoms with E-state index in [4.69, 9.17) is 0 Å². The Morgan fingerprint density at radius 1 is 1.28 bits per heavy atom. The average Bonchev–Trinajstić information content (AvgIpc) is 2.32. The van der Waals surface area contributed by atoms with Gasteiger partial charge in [-0.25, -0.2) is 4.39 Å². The van der Waals surface area contributed by atoms with E-state index in [1.165, 1.54) is 6.07 Å². The Kier molecular flexibility index (Phi) is 3.42. The molecule has 0 spiro atoms. The maximum atomic E-state index is 13.2. The summed E-state index contributed by atoms with van der Waals surface area (Å²) in [6.07, 6.45) is 2.05. The van der Waals surface area contributed by atoms with Gasteiger partial charge in [0.25, 0.3) is 5.91 Å². The van der Waals surface area contributed by atoms with Crippen molar-refractivity contribution in [2.75, 3.05) is 13.1 Å². The van der Waals surface area contributed by atoms with Crippen molar-refractivity contribution in [1.29, 1.82) is 0 Å². The van der Waals surface area contributed by atoms with Gasteiger partial charge in [-0.15, -0.1) is 0 Å². The number of rotatable bonds is 1. The maximum absolute atomic E-state index is 13.2. The predicted octanol–water partition coefficient (Wildman–Crippen LogP) is 3.40. The molecule has 18 heavy (non-hydrogen) atoms. The van der Waals surface area contributed by atoms with Crippen molar-refractivity contribution >= 4 is 5.91 Å². The highest BCUT2D eigenvalue weighted by Gasteiger charge is 2.28. The quantitative estimate of drug-likeness (QED) is 0.747. The highest BCUT2D eigenvalue weighted by atomic mass is 19.1. The van der Waals surface area contributed by atoms with Crippen LogP contribution in [0.1, 0.15) is 42.6 Å². The van der Waals surface area contributed by atoms with Crippen molar-refractivity contribution in [3.63, 3.8) is 0 Å². The molecule has 1 amide bonds. The Labute approximate surface area is 108 Å². The third-order valence-corrected chi connectivity index (χ3v) is 3.81. The molecule has 2 nitrogen and oxygen atoms in total. The van der Waals surface area contributed by atoms with Crippen molar-refractivity contribution < 1.29 is 9.18 Å². The second-order valence-corrected chi connectivity index (χ2v) is 5.92. The van der Waals surface area contributed by atoms with Gasteiger partial charge in [-0.3, -0.25) is 4.79 Å². The third kappa shape index (κ3) is 2.71. The second-order valence-electron chi connectivity index (χ2n) is 5.92. The Bertz CT molecular complexity index is 458. The van der Waals surface area contributed by atoms with Gasteiger partial charge in [0.15, 0.2) is 0 Å². The number of hydrogen-bond acceptors (Lipinski definition) is 1. The Morgan fingerprint density at radius 2 is 1.89 bits per heavy atom. The smallest absolute Gasteiger partial charge is 0.253 e. The molecule has 0 atom stereocenters. The zero-order valence-corrected chi connectivity index (χ0v) is 11.3. The molecule has 0 bridgehead atoms. The van der Waals surface area contributed by atoms with Crippen LogP contribution in [0.5, 0.6) is 0 Å². The molecule has 0 unspecified atom stereocenters. The number of benzene rings is 1. The molecular weight excluding hydrogens is 229 g/mol. The Balaban J connectivity index is 2.10. The average molecular weight is 249 g/mol. The van der Waals surface area contributed by atoms with E-state index in [1.54, 1.807) is 19.1 Å². The van der Waals surface area contributed by atoms with Gasteiger partial charge in [0.05, 0.1) is 0 Å². The van der Waals surface area contributed by atoms with Gasteiger partial charge in [0.1, 0.15) is 5.82 Å². The van der Waals surface area contributed by atoms with E-state index in [2.05, 4.69) is 13.8 Å². The molecule has 1 saturated heterocycles. The number of carbonyl (C=O) groups is 1. The summed E-state index contributed by atoms with van der Waals surface area (Å²) in [6.45, 7) is 7.74. The fourth-order valence-corrected chi connectivity index (χ4v) is 2.28. The van der Waals surface area contributed by atoms with E-state index in [0.29, 0.717) is 16.5 Å². The number of piperidine rings is 1. The van der Waals surface area contributed by atoms with Crippen molar-refractivity contribution in [2.24, 2.45) is 5.41 Å². The summed E-state index contributed by atoms with van der Waals surface area (Å²) >= 11 is 0. The van der Waals surface area contributed by atoms with Crippen molar-refractivity contribution in [3.8, 4) is 0 Å². The minimum atomic E-state index is -0.258. The van der Waals surface area contributed by atoms with E-state index in [-0.39, 0.29) is 11.7 Å². The molecule has 98 valence electrons. The lowest BCUT2D eigenvalue weighted by Gasteiger charge is -2.37. The molecule has 1 aromatic rings. The summed E-state index contributed by atoms with van der Waals surface area (Å²) < 4.78 is 13.2. The zero-order valence-electron chi connectivity index (χ0n) is 11.3. The van der Waals surface area contributed by atoms with Crippen LogP contribution in [0.25, 0.3) is 0 Å². The Morgan fingerprint density at radius 3 is 2.44 bits per heavy atom. The van der Waals surface area contributed by atoms with Gasteiger partial charge >= 0.3 is 0 Å². The van der Waals surface area contributed by atoms with Crippen molar-refractivity contribution in [1.82, 2.24) is 4.90 Å². The number of hydrogen-bond donors (Lipinski definition) is 0. The lowest BCUT2D eigenvalue weighted by Crippen LogP contribution is -2.41. The van der Waals surface area contributed by atoms with Gasteiger partial charge in [0.2, 0.25) is 0 Å². The molecule has 0 saturated carbocycles. The van der Waals surface area contributed by atoms with Gasteiger partial charge in [-0.2, -0.15) is 0 Å². The summed E-state index contributed by atoms with van der Waals surface area (Å²) in [4.78, 5) is 14.2. The van der Waals surface area contributed by atoms with Crippen LogP contribution in [0.2, 0.25) is 0 Å². The number of likely N-dealkylation sites (tertiary alicyclic amines) is 1. The van der Waals surface area contributed by atoms with Crippen LogP contribution < -0.4 is 0 Å². The van der Waals surface area contributed by atoms with Crippen molar-refractivity contribution in [3.05, 3.63) is 35.1 Å². The third-order valence-electron chi connectivity index (χ3n) is 3.81. The van der Waals surface area contributed by atoms with Gasteiger partial charge in [-0.05, 0) is 48.9 Å². The number of halogens is 1. The summed E-state index contributed by atoms with van der Waals surface area (Å²) in [5.74, 6) is -0.236. The zero-order chi connectivity index (χ0) is 13.3. The molecule has 0 aromatic heterocycles. The minimum Gasteiger partial charge on any atom is -0.339 e. The van der Waals surface area contributed by atoms with E-state index < -0.39 is 0 Å². The van der Waals surface area contributed by atoms with Gasteiger partial charge < -0.3 is 4.90 Å². The molecule has 1 aromatic carbocycles. The summed E-state index contributed by atoms with van der Waals surface area (Å²) in [7, 11) is 0. The molecule has 0 aliphatic carbocycles. The minimum absolute atomic E-state index is 0.0219. The lowest BCUT2D eigenvalue weighted by atomic mass is 9.82. The molecule has 1 aliphatic heterocycles. The van der Waals surface area contributed by atoms with E-state index in [9.17, 15) is 9.18 Å². The van der Waals surface area contributed by atoms with Crippen LogP contribution in [0.15, 0.2) is 18.2 Å². The first-order valence-corrected chi connectivity index (χ1v) is 6.44. The van der Waals surface area contributed by atoms with E-state index in [1.807, 2.05) is 4.90 Å². The number of nitrogens with zero attached hydrogens (tertiary/aromatic N) is 1. The first-order chi connectivity index (χ1) is 8.39. The fourth-order valence-electron chi connectivity index (χ4n) is 2.28. The SMILES string of the molecule is Cc1cc(C(=O)N2CCC(C)(C)CC2)ccc1F. The number of carbonyl (C=O) groups excluding carboxylic acids is 1. The number of aryl methyl sites for hydroxylation is 1. The molecule has 3 heteroatoms. The summed E-state index contributed by atoms with van der Waals surface area (Å²) in [5.41, 5.74) is 1.45. The highest BCUT2D eigenvalue weighted by molar-refractivity contribution is 5.94. The largest absolute Gasteiger partial charge is 0.339 e. The summed E-state index contributed by atoms with van der Waals surface area (Å²) in [5, 5.41) is 0. The van der Waals surface area contributed by atoms with Crippen LogP contribution in [0.3, 0.4) is 0 Å². The van der Waals surface area contributed by atoms with Crippen LogP contribution in [0, 0.1) is 18.2 Å². The predicted molar refractivity (Wildman–Crippen MR) is 70.1 cm³/mol. The highest BCUT2D eigenvalue weighted by Crippen LogP contribution is 2.30. The van der Waals surface area contributed by atoms with Gasteiger partial charge in [0, 0.05) is 18.7 Å². The topological polar surface area (TPSA) is 20.3 Å². The molecular formula is C15H20FNO. The monoisotopic (exact) mass is 249 g/mol.